The molecule has 3 nitrogen and oxygen atoms in total. The second-order valence-electron chi connectivity index (χ2n) is 4.51. The average Bonchev–Trinajstić information content (AvgIpc) is 2.39. The minimum absolute atomic E-state index is 0.0180. The summed E-state index contributed by atoms with van der Waals surface area (Å²) >= 11 is 0. The predicted octanol–water partition coefficient (Wildman–Crippen LogP) is 2.96. The molecular weight excluding hydrogens is 255 g/mol. The van der Waals surface area contributed by atoms with Crippen molar-refractivity contribution in [3.05, 3.63) is 29.6 Å². The Morgan fingerprint density at radius 2 is 1.94 bits per heavy atom. The Bertz CT molecular complexity index is 481. The monoisotopic (exact) mass is 270 g/mol. The maximum absolute atomic E-state index is 13.7. The summed E-state index contributed by atoms with van der Waals surface area (Å²) in [7, 11) is -1.45. The van der Waals surface area contributed by atoms with Gasteiger partial charge in [0, 0.05) is 5.25 Å². The summed E-state index contributed by atoms with van der Waals surface area (Å²) in [6.45, 7) is 0. The molecule has 0 bridgehead atoms. The van der Waals surface area contributed by atoms with Gasteiger partial charge in [-0.25, -0.2) is 9.18 Å². The molecule has 1 atom stereocenters. The molecule has 18 heavy (non-hydrogen) atoms. The summed E-state index contributed by atoms with van der Waals surface area (Å²) in [6.07, 6.45) is 4.80. The second-order valence-corrected chi connectivity index (χ2v) is 6.21. The third kappa shape index (κ3) is 2.77. The topological polar surface area (TPSA) is 54.4 Å². The van der Waals surface area contributed by atoms with E-state index < -0.39 is 22.6 Å². The zero-order chi connectivity index (χ0) is 13.1. The molecule has 1 aromatic carbocycles. The van der Waals surface area contributed by atoms with Gasteiger partial charge in [0.05, 0.1) is 21.3 Å². The zero-order valence-electron chi connectivity index (χ0n) is 9.89. The fourth-order valence-electron chi connectivity index (χ4n) is 2.25. The summed E-state index contributed by atoms with van der Waals surface area (Å²) in [5.41, 5.74) is -0.0180. The average molecular weight is 270 g/mol. The van der Waals surface area contributed by atoms with Crippen LogP contribution in [-0.2, 0) is 10.8 Å². The van der Waals surface area contributed by atoms with Gasteiger partial charge in [0.1, 0.15) is 5.82 Å². The van der Waals surface area contributed by atoms with Crippen molar-refractivity contribution >= 4 is 16.8 Å². The number of rotatable bonds is 3. The van der Waals surface area contributed by atoms with Crippen molar-refractivity contribution in [2.45, 2.75) is 42.2 Å². The number of carboxylic acid groups (broad SMARTS) is 1. The molecule has 1 aromatic rings. The van der Waals surface area contributed by atoms with Crippen LogP contribution in [0.2, 0.25) is 0 Å². The molecule has 1 aliphatic rings. The number of hydrogen-bond donors (Lipinski definition) is 1. The molecule has 0 aliphatic heterocycles. The van der Waals surface area contributed by atoms with Gasteiger partial charge in [-0.3, -0.25) is 4.21 Å². The molecule has 1 fully saturated rings. The van der Waals surface area contributed by atoms with Gasteiger partial charge >= 0.3 is 5.97 Å². The van der Waals surface area contributed by atoms with E-state index in [0.717, 1.165) is 38.2 Å². The SMILES string of the molecule is O=C(O)c1ccc(F)c(S(=O)C2CCCCC2)c1. The van der Waals surface area contributed by atoms with Gasteiger partial charge in [-0.15, -0.1) is 0 Å². The summed E-state index contributed by atoms with van der Waals surface area (Å²) in [4.78, 5) is 10.9. The van der Waals surface area contributed by atoms with Gasteiger partial charge in [-0.2, -0.15) is 0 Å². The first-order chi connectivity index (χ1) is 8.59. The number of benzene rings is 1. The quantitative estimate of drug-likeness (QED) is 0.918. The standard InChI is InChI=1S/C13H15FO3S/c14-11-7-6-9(13(15)16)8-12(11)18(17)10-4-2-1-3-5-10/h6-8,10H,1-5H2,(H,15,16). The molecule has 0 amide bonds. The fourth-order valence-corrected chi connectivity index (χ4v) is 3.87. The van der Waals surface area contributed by atoms with Crippen LogP contribution in [0.25, 0.3) is 0 Å². The molecule has 0 radical (unpaired) electrons. The highest BCUT2D eigenvalue weighted by Crippen LogP contribution is 2.27. The van der Waals surface area contributed by atoms with Crippen molar-refractivity contribution in [2.24, 2.45) is 0 Å². The van der Waals surface area contributed by atoms with Crippen molar-refractivity contribution in [3.8, 4) is 0 Å². The lowest BCUT2D eigenvalue weighted by Gasteiger charge is -2.21. The summed E-state index contributed by atoms with van der Waals surface area (Å²) in [5, 5.41) is 8.83. The van der Waals surface area contributed by atoms with Crippen LogP contribution < -0.4 is 0 Å². The summed E-state index contributed by atoms with van der Waals surface area (Å²) in [6, 6.07) is 3.47. The summed E-state index contributed by atoms with van der Waals surface area (Å²) in [5.74, 6) is -1.71. The van der Waals surface area contributed by atoms with E-state index in [9.17, 15) is 13.4 Å². The summed E-state index contributed by atoms with van der Waals surface area (Å²) < 4.78 is 25.9. The van der Waals surface area contributed by atoms with E-state index in [-0.39, 0.29) is 15.7 Å². The highest BCUT2D eigenvalue weighted by molar-refractivity contribution is 7.85. The van der Waals surface area contributed by atoms with Crippen LogP contribution in [0.15, 0.2) is 23.1 Å². The third-order valence-corrected chi connectivity index (χ3v) is 5.07. The Morgan fingerprint density at radius 1 is 1.28 bits per heavy atom. The van der Waals surface area contributed by atoms with Gasteiger partial charge in [-0.05, 0) is 31.0 Å². The fraction of sp³-hybridized carbons (Fsp3) is 0.462. The number of carboxylic acids is 1. The normalized spacial score (nSPS) is 18.5. The van der Waals surface area contributed by atoms with E-state index in [0.29, 0.717) is 0 Å². The van der Waals surface area contributed by atoms with Crippen LogP contribution in [0.5, 0.6) is 0 Å². The van der Waals surface area contributed by atoms with Crippen molar-refractivity contribution in [2.75, 3.05) is 0 Å². The molecule has 1 aliphatic carbocycles. The minimum Gasteiger partial charge on any atom is -0.478 e. The van der Waals surface area contributed by atoms with Gasteiger partial charge < -0.3 is 5.11 Å². The van der Waals surface area contributed by atoms with Crippen LogP contribution >= 0.6 is 0 Å². The Labute approximate surface area is 107 Å². The third-order valence-electron chi connectivity index (χ3n) is 3.25. The lowest BCUT2D eigenvalue weighted by Crippen LogP contribution is -2.19. The van der Waals surface area contributed by atoms with Crippen LogP contribution in [0.4, 0.5) is 4.39 Å². The van der Waals surface area contributed by atoms with Crippen molar-refractivity contribution in [1.29, 1.82) is 0 Å². The maximum atomic E-state index is 13.7. The number of halogens is 1. The number of aromatic carboxylic acids is 1. The Morgan fingerprint density at radius 3 is 2.56 bits per heavy atom. The van der Waals surface area contributed by atoms with Crippen molar-refractivity contribution in [1.82, 2.24) is 0 Å². The lowest BCUT2D eigenvalue weighted by molar-refractivity contribution is 0.0696. The van der Waals surface area contributed by atoms with Crippen LogP contribution in [0.3, 0.4) is 0 Å². The van der Waals surface area contributed by atoms with Gasteiger partial charge in [0.15, 0.2) is 0 Å². The highest BCUT2D eigenvalue weighted by atomic mass is 32.2. The molecule has 0 heterocycles. The first-order valence-corrected chi connectivity index (χ1v) is 7.24. The Balaban J connectivity index is 2.28. The second kappa shape index (κ2) is 5.61. The largest absolute Gasteiger partial charge is 0.478 e. The Hall–Kier alpha value is -1.23. The van der Waals surface area contributed by atoms with E-state index in [4.69, 9.17) is 5.11 Å². The molecule has 1 N–H and O–H groups in total. The molecule has 1 saturated carbocycles. The Kier molecular flexibility index (Phi) is 4.11. The van der Waals surface area contributed by atoms with E-state index in [1.807, 2.05) is 0 Å². The van der Waals surface area contributed by atoms with Gasteiger partial charge in [0.2, 0.25) is 0 Å². The molecule has 2 rings (SSSR count). The minimum atomic E-state index is -1.45. The van der Waals surface area contributed by atoms with Crippen molar-refractivity contribution in [3.63, 3.8) is 0 Å². The first kappa shape index (κ1) is 13.2. The van der Waals surface area contributed by atoms with Crippen LogP contribution in [0, 0.1) is 5.82 Å². The molecular formula is C13H15FO3S. The highest BCUT2D eigenvalue weighted by Gasteiger charge is 2.24. The van der Waals surface area contributed by atoms with Crippen LogP contribution in [0.1, 0.15) is 42.5 Å². The van der Waals surface area contributed by atoms with Crippen LogP contribution in [-0.4, -0.2) is 20.5 Å². The molecule has 1 unspecified atom stereocenters. The molecule has 98 valence electrons. The zero-order valence-corrected chi connectivity index (χ0v) is 10.7. The van der Waals surface area contributed by atoms with E-state index in [1.165, 1.54) is 12.1 Å². The maximum Gasteiger partial charge on any atom is 0.335 e. The van der Waals surface area contributed by atoms with E-state index >= 15 is 0 Å². The van der Waals surface area contributed by atoms with E-state index in [2.05, 4.69) is 0 Å². The molecule has 0 aromatic heterocycles. The smallest absolute Gasteiger partial charge is 0.335 e. The van der Waals surface area contributed by atoms with E-state index in [1.54, 1.807) is 0 Å². The first-order valence-electron chi connectivity index (χ1n) is 6.03. The van der Waals surface area contributed by atoms with Gasteiger partial charge in [0.25, 0.3) is 0 Å². The molecule has 5 heteroatoms. The molecule has 0 saturated heterocycles. The molecule has 0 spiro atoms. The van der Waals surface area contributed by atoms with Crippen molar-refractivity contribution < 1.29 is 18.5 Å². The lowest BCUT2D eigenvalue weighted by atomic mass is 10.0. The number of carbonyl (C=O) groups is 1. The van der Waals surface area contributed by atoms with Gasteiger partial charge in [-0.1, -0.05) is 19.3 Å². The number of hydrogen-bond acceptors (Lipinski definition) is 2. The predicted molar refractivity (Wildman–Crippen MR) is 66.6 cm³/mol.